The molecule has 0 atom stereocenters. The van der Waals surface area contributed by atoms with Crippen LogP contribution in [0.2, 0.25) is 0 Å². The highest BCUT2D eigenvalue weighted by Gasteiger charge is 2.37. The predicted molar refractivity (Wildman–Crippen MR) is 86.2 cm³/mol. The van der Waals surface area contributed by atoms with Crippen molar-refractivity contribution < 1.29 is 18.3 Å². The Bertz CT molecular complexity index is 579. The molecule has 0 saturated carbocycles. The minimum Gasteiger partial charge on any atom is -0.461 e. The van der Waals surface area contributed by atoms with Crippen LogP contribution in [0.1, 0.15) is 48.7 Å². The number of likely N-dealkylation sites (tertiary alicyclic amines) is 1. The molecule has 0 spiro atoms. The summed E-state index contributed by atoms with van der Waals surface area (Å²) in [5.74, 6) is -3.01. The van der Waals surface area contributed by atoms with Crippen LogP contribution in [-0.2, 0) is 10.2 Å². The Morgan fingerprint density at radius 3 is 2.57 bits per heavy atom. The fraction of sp³-hybridized carbons (Fsp3) is 0.611. The van der Waals surface area contributed by atoms with E-state index in [0.717, 1.165) is 5.56 Å². The van der Waals surface area contributed by atoms with Gasteiger partial charge in [-0.1, -0.05) is 26.8 Å². The molecule has 0 bridgehead atoms. The van der Waals surface area contributed by atoms with Crippen LogP contribution in [0.3, 0.4) is 0 Å². The number of nitrogens with zero attached hydrogens (tertiary/aromatic N) is 1. The van der Waals surface area contributed by atoms with Crippen molar-refractivity contribution >= 4 is 5.97 Å². The first kappa shape index (κ1) is 17.9. The van der Waals surface area contributed by atoms with Crippen molar-refractivity contribution in [3.63, 3.8) is 0 Å². The van der Waals surface area contributed by atoms with Crippen molar-refractivity contribution in [1.29, 1.82) is 0 Å². The van der Waals surface area contributed by atoms with Crippen LogP contribution in [0.4, 0.5) is 8.78 Å². The molecule has 0 amide bonds. The minimum atomic E-state index is -2.61. The summed E-state index contributed by atoms with van der Waals surface area (Å²) in [5, 5.41) is 0. The number of aryl methyl sites for hydroxylation is 1. The maximum absolute atomic E-state index is 13.1. The SMILES string of the molecule is Cc1cc(C(=O)OCCN2CCC(F)(F)C2)ccc1C(C)(C)C. The highest BCUT2D eigenvalue weighted by molar-refractivity contribution is 5.89. The molecule has 1 saturated heterocycles. The third kappa shape index (κ3) is 4.74. The van der Waals surface area contributed by atoms with E-state index < -0.39 is 11.9 Å². The zero-order valence-electron chi connectivity index (χ0n) is 14.3. The second kappa shape index (κ2) is 6.56. The molecule has 2 rings (SSSR count). The summed E-state index contributed by atoms with van der Waals surface area (Å²) in [6.07, 6.45) is -0.117. The van der Waals surface area contributed by atoms with Gasteiger partial charge in [-0.3, -0.25) is 4.90 Å². The molecule has 1 aliphatic heterocycles. The molecule has 0 unspecified atom stereocenters. The topological polar surface area (TPSA) is 29.5 Å². The molecule has 1 fully saturated rings. The van der Waals surface area contributed by atoms with Gasteiger partial charge in [0.2, 0.25) is 0 Å². The Hall–Kier alpha value is -1.49. The van der Waals surface area contributed by atoms with E-state index in [1.807, 2.05) is 19.1 Å². The molecule has 0 aromatic heterocycles. The third-order valence-electron chi connectivity index (χ3n) is 4.16. The summed E-state index contributed by atoms with van der Waals surface area (Å²) >= 11 is 0. The van der Waals surface area contributed by atoms with E-state index in [4.69, 9.17) is 4.74 Å². The largest absolute Gasteiger partial charge is 0.461 e. The monoisotopic (exact) mass is 325 g/mol. The molecule has 1 heterocycles. The lowest BCUT2D eigenvalue weighted by molar-refractivity contribution is 0.00951. The fourth-order valence-electron chi connectivity index (χ4n) is 2.98. The van der Waals surface area contributed by atoms with E-state index >= 15 is 0 Å². The molecule has 0 N–H and O–H groups in total. The lowest BCUT2D eigenvalue weighted by Crippen LogP contribution is -2.29. The van der Waals surface area contributed by atoms with Crippen LogP contribution in [0.25, 0.3) is 0 Å². The molecule has 5 heteroatoms. The Kier molecular flexibility index (Phi) is 5.09. The van der Waals surface area contributed by atoms with Crippen molar-refractivity contribution in [3.8, 4) is 0 Å². The second-order valence-electron chi connectivity index (χ2n) is 7.30. The smallest absolute Gasteiger partial charge is 0.338 e. The van der Waals surface area contributed by atoms with Crippen LogP contribution >= 0.6 is 0 Å². The van der Waals surface area contributed by atoms with Gasteiger partial charge in [0.15, 0.2) is 0 Å². The molecule has 0 radical (unpaired) electrons. The average molecular weight is 325 g/mol. The second-order valence-corrected chi connectivity index (χ2v) is 7.30. The molecule has 1 aromatic carbocycles. The van der Waals surface area contributed by atoms with Gasteiger partial charge in [0.05, 0.1) is 12.1 Å². The Morgan fingerprint density at radius 2 is 2.04 bits per heavy atom. The molecular weight excluding hydrogens is 300 g/mol. The van der Waals surface area contributed by atoms with Crippen molar-refractivity contribution in [3.05, 3.63) is 34.9 Å². The first-order valence-corrected chi connectivity index (χ1v) is 7.97. The Labute approximate surface area is 136 Å². The van der Waals surface area contributed by atoms with Gasteiger partial charge in [0.1, 0.15) is 6.61 Å². The van der Waals surface area contributed by atoms with Crippen LogP contribution in [0.5, 0.6) is 0 Å². The van der Waals surface area contributed by atoms with E-state index in [0.29, 0.717) is 18.7 Å². The van der Waals surface area contributed by atoms with E-state index in [9.17, 15) is 13.6 Å². The summed E-state index contributed by atoms with van der Waals surface area (Å²) < 4.78 is 31.4. The van der Waals surface area contributed by atoms with Crippen molar-refractivity contribution in [2.75, 3.05) is 26.2 Å². The van der Waals surface area contributed by atoms with Crippen LogP contribution < -0.4 is 0 Å². The van der Waals surface area contributed by atoms with Crippen molar-refractivity contribution in [1.82, 2.24) is 4.90 Å². The number of hydrogen-bond acceptors (Lipinski definition) is 3. The maximum atomic E-state index is 13.1. The van der Waals surface area contributed by atoms with Gasteiger partial charge in [-0.05, 0) is 35.6 Å². The van der Waals surface area contributed by atoms with E-state index in [1.54, 1.807) is 11.0 Å². The van der Waals surface area contributed by atoms with Gasteiger partial charge >= 0.3 is 5.97 Å². The summed E-state index contributed by atoms with van der Waals surface area (Å²) in [4.78, 5) is 13.7. The van der Waals surface area contributed by atoms with Crippen LogP contribution in [0.15, 0.2) is 18.2 Å². The van der Waals surface area contributed by atoms with E-state index in [-0.39, 0.29) is 25.0 Å². The fourth-order valence-corrected chi connectivity index (χ4v) is 2.98. The number of rotatable bonds is 4. The van der Waals surface area contributed by atoms with Gasteiger partial charge in [-0.25, -0.2) is 13.6 Å². The molecular formula is C18H25F2NO2. The lowest BCUT2D eigenvalue weighted by Gasteiger charge is -2.22. The first-order valence-electron chi connectivity index (χ1n) is 7.97. The Morgan fingerprint density at radius 1 is 1.35 bits per heavy atom. The molecule has 1 aliphatic rings. The van der Waals surface area contributed by atoms with Crippen LogP contribution in [0, 0.1) is 6.92 Å². The average Bonchev–Trinajstić information content (AvgIpc) is 2.76. The number of esters is 1. The quantitative estimate of drug-likeness (QED) is 0.789. The molecule has 3 nitrogen and oxygen atoms in total. The van der Waals surface area contributed by atoms with Gasteiger partial charge in [0.25, 0.3) is 5.92 Å². The summed E-state index contributed by atoms with van der Waals surface area (Å²) in [6.45, 7) is 8.93. The lowest BCUT2D eigenvalue weighted by atomic mass is 9.83. The predicted octanol–water partition coefficient (Wildman–Crippen LogP) is 3.79. The molecule has 128 valence electrons. The molecule has 0 aliphatic carbocycles. The summed E-state index contributed by atoms with van der Waals surface area (Å²) in [7, 11) is 0. The minimum absolute atomic E-state index is 0.0213. The van der Waals surface area contributed by atoms with E-state index in [1.165, 1.54) is 5.56 Å². The Balaban J connectivity index is 1.88. The van der Waals surface area contributed by atoms with Gasteiger partial charge < -0.3 is 4.74 Å². The normalized spacial score (nSPS) is 18.2. The summed E-state index contributed by atoms with van der Waals surface area (Å²) in [5.41, 5.74) is 2.76. The van der Waals surface area contributed by atoms with Crippen molar-refractivity contribution in [2.45, 2.75) is 45.5 Å². The molecule has 1 aromatic rings. The first-order chi connectivity index (χ1) is 10.6. The standard InChI is InChI=1S/C18H25F2NO2/c1-13-11-14(5-6-15(13)17(2,3)4)16(22)23-10-9-21-8-7-18(19,20)12-21/h5-6,11H,7-10,12H2,1-4H3. The number of ether oxygens (including phenoxy) is 1. The number of benzene rings is 1. The molecule has 23 heavy (non-hydrogen) atoms. The van der Waals surface area contributed by atoms with Crippen molar-refractivity contribution in [2.24, 2.45) is 0 Å². The zero-order valence-corrected chi connectivity index (χ0v) is 14.3. The van der Waals surface area contributed by atoms with Gasteiger partial charge in [-0.15, -0.1) is 0 Å². The third-order valence-corrected chi connectivity index (χ3v) is 4.16. The number of hydrogen-bond donors (Lipinski definition) is 0. The number of halogens is 2. The van der Waals surface area contributed by atoms with Gasteiger partial charge in [-0.2, -0.15) is 0 Å². The zero-order chi connectivity index (χ0) is 17.3. The highest BCUT2D eigenvalue weighted by Crippen LogP contribution is 2.27. The maximum Gasteiger partial charge on any atom is 0.338 e. The van der Waals surface area contributed by atoms with Crippen LogP contribution in [-0.4, -0.2) is 43.0 Å². The van der Waals surface area contributed by atoms with E-state index in [2.05, 4.69) is 20.8 Å². The number of carbonyl (C=O) groups is 1. The summed E-state index contributed by atoms with van der Waals surface area (Å²) in [6, 6.07) is 5.54. The number of carbonyl (C=O) groups excluding carboxylic acids is 1. The highest BCUT2D eigenvalue weighted by atomic mass is 19.3. The van der Waals surface area contributed by atoms with Gasteiger partial charge in [0, 0.05) is 19.5 Å². The number of alkyl halides is 2.